The summed E-state index contributed by atoms with van der Waals surface area (Å²) in [5.74, 6) is -1.16. The fourth-order valence-electron chi connectivity index (χ4n) is 1.56. The SMILES string of the molecule is CC(=O)Nc1ccc(C(=O)O)cc1.CCCN(C)CCO. The summed E-state index contributed by atoms with van der Waals surface area (Å²) in [5.41, 5.74) is 0.798. The molecule has 118 valence electrons. The molecule has 0 heterocycles. The highest BCUT2D eigenvalue weighted by atomic mass is 16.4. The van der Waals surface area contributed by atoms with E-state index in [1.165, 1.54) is 19.1 Å². The molecule has 1 rings (SSSR count). The molecule has 6 heteroatoms. The first kappa shape index (κ1) is 19.1. The summed E-state index contributed by atoms with van der Waals surface area (Å²) in [4.78, 5) is 23.2. The van der Waals surface area contributed by atoms with Crippen molar-refractivity contribution in [1.29, 1.82) is 0 Å². The number of amides is 1. The summed E-state index contributed by atoms with van der Waals surface area (Å²) >= 11 is 0. The maximum Gasteiger partial charge on any atom is 0.335 e. The first-order chi connectivity index (χ1) is 9.90. The van der Waals surface area contributed by atoms with E-state index in [0.717, 1.165) is 19.5 Å². The molecule has 0 atom stereocenters. The van der Waals surface area contributed by atoms with Gasteiger partial charge in [0.15, 0.2) is 0 Å². The molecule has 3 N–H and O–H groups in total. The van der Waals surface area contributed by atoms with Crippen LogP contribution in [0.25, 0.3) is 0 Å². The molecule has 0 saturated carbocycles. The highest BCUT2D eigenvalue weighted by Crippen LogP contribution is 2.08. The molecule has 0 radical (unpaired) electrons. The van der Waals surface area contributed by atoms with Crippen LogP contribution in [0.2, 0.25) is 0 Å². The molecule has 0 spiro atoms. The summed E-state index contributed by atoms with van der Waals surface area (Å²) in [7, 11) is 2.01. The first-order valence-corrected chi connectivity index (χ1v) is 6.81. The number of carbonyl (C=O) groups excluding carboxylic acids is 1. The van der Waals surface area contributed by atoms with Crippen LogP contribution in [0.1, 0.15) is 30.6 Å². The fraction of sp³-hybridized carbons (Fsp3) is 0.467. The molecule has 6 nitrogen and oxygen atoms in total. The lowest BCUT2D eigenvalue weighted by molar-refractivity contribution is -0.114. The number of hydrogen-bond donors (Lipinski definition) is 3. The van der Waals surface area contributed by atoms with Crippen LogP contribution in [0.5, 0.6) is 0 Å². The lowest BCUT2D eigenvalue weighted by Gasteiger charge is -2.12. The number of carbonyl (C=O) groups is 2. The Morgan fingerprint density at radius 2 is 1.76 bits per heavy atom. The van der Waals surface area contributed by atoms with Gasteiger partial charge in [0.25, 0.3) is 0 Å². The molecule has 0 saturated heterocycles. The topological polar surface area (TPSA) is 89.9 Å². The van der Waals surface area contributed by atoms with Crippen LogP contribution in [0, 0.1) is 0 Å². The van der Waals surface area contributed by atoms with Crippen molar-refractivity contribution in [3.8, 4) is 0 Å². The lowest BCUT2D eigenvalue weighted by atomic mass is 10.2. The second-order valence-electron chi connectivity index (χ2n) is 4.59. The monoisotopic (exact) mass is 296 g/mol. The number of hydrogen-bond acceptors (Lipinski definition) is 4. The number of anilines is 1. The van der Waals surface area contributed by atoms with Crippen LogP contribution in [-0.4, -0.2) is 53.7 Å². The second-order valence-corrected chi connectivity index (χ2v) is 4.59. The predicted molar refractivity (Wildman–Crippen MR) is 82.6 cm³/mol. The third-order valence-electron chi connectivity index (χ3n) is 2.54. The number of likely N-dealkylation sites (N-methyl/N-ethyl adjacent to an activating group) is 1. The van der Waals surface area contributed by atoms with Crippen LogP contribution in [0.4, 0.5) is 5.69 Å². The molecule has 0 aliphatic carbocycles. The van der Waals surface area contributed by atoms with Gasteiger partial charge in [0.2, 0.25) is 5.91 Å². The summed E-state index contributed by atoms with van der Waals surface area (Å²) < 4.78 is 0. The molecule has 0 aliphatic rings. The van der Waals surface area contributed by atoms with Crippen LogP contribution >= 0.6 is 0 Å². The molecule has 0 aliphatic heterocycles. The zero-order valence-corrected chi connectivity index (χ0v) is 12.8. The van der Waals surface area contributed by atoms with Crippen molar-refractivity contribution in [3.63, 3.8) is 0 Å². The molecule has 1 aromatic carbocycles. The molecule has 0 bridgehead atoms. The van der Waals surface area contributed by atoms with Crippen LogP contribution < -0.4 is 5.32 Å². The number of rotatable bonds is 6. The van der Waals surface area contributed by atoms with Gasteiger partial charge in [-0.3, -0.25) is 4.79 Å². The van der Waals surface area contributed by atoms with E-state index in [9.17, 15) is 9.59 Å². The van der Waals surface area contributed by atoms with E-state index in [4.69, 9.17) is 10.2 Å². The van der Waals surface area contributed by atoms with Gasteiger partial charge in [-0.15, -0.1) is 0 Å². The molecular formula is C15H24N2O4. The minimum Gasteiger partial charge on any atom is -0.478 e. The van der Waals surface area contributed by atoms with Crippen molar-refractivity contribution in [2.45, 2.75) is 20.3 Å². The summed E-state index contributed by atoms with van der Waals surface area (Å²) in [6.45, 7) is 5.68. The van der Waals surface area contributed by atoms with Crippen molar-refractivity contribution < 1.29 is 19.8 Å². The number of aliphatic hydroxyl groups excluding tert-OH is 1. The number of nitrogens with zero attached hydrogens (tertiary/aromatic N) is 1. The molecule has 1 amide bonds. The largest absolute Gasteiger partial charge is 0.478 e. The van der Waals surface area contributed by atoms with Gasteiger partial charge in [-0.2, -0.15) is 0 Å². The van der Waals surface area contributed by atoms with E-state index in [0.29, 0.717) is 5.69 Å². The number of aromatic carboxylic acids is 1. The zero-order valence-electron chi connectivity index (χ0n) is 12.8. The van der Waals surface area contributed by atoms with Crippen LogP contribution in [-0.2, 0) is 4.79 Å². The van der Waals surface area contributed by atoms with Crippen molar-refractivity contribution in [2.75, 3.05) is 32.1 Å². The lowest BCUT2D eigenvalue weighted by Crippen LogP contribution is -2.22. The third kappa shape index (κ3) is 9.59. The quantitative estimate of drug-likeness (QED) is 0.743. The Bertz CT molecular complexity index is 426. The summed E-state index contributed by atoms with van der Waals surface area (Å²) in [6, 6.07) is 5.97. The average Bonchev–Trinajstić information content (AvgIpc) is 2.40. The van der Waals surface area contributed by atoms with E-state index in [1.54, 1.807) is 12.1 Å². The maximum absolute atomic E-state index is 10.6. The molecule has 0 fully saturated rings. The number of carboxylic acids is 1. The Balaban J connectivity index is 0.000000433. The molecular weight excluding hydrogens is 272 g/mol. The van der Waals surface area contributed by atoms with Gasteiger partial charge < -0.3 is 20.4 Å². The van der Waals surface area contributed by atoms with Crippen LogP contribution in [0.3, 0.4) is 0 Å². The Morgan fingerprint density at radius 3 is 2.14 bits per heavy atom. The average molecular weight is 296 g/mol. The molecule has 0 aromatic heterocycles. The normalized spacial score (nSPS) is 9.76. The Hall–Kier alpha value is -1.92. The van der Waals surface area contributed by atoms with E-state index in [2.05, 4.69) is 17.1 Å². The van der Waals surface area contributed by atoms with Gasteiger partial charge >= 0.3 is 5.97 Å². The van der Waals surface area contributed by atoms with Gasteiger partial charge in [0, 0.05) is 19.2 Å². The van der Waals surface area contributed by atoms with Gasteiger partial charge in [-0.1, -0.05) is 6.92 Å². The van der Waals surface area contributed by atoms with Crippen molar-refractivity contribution in [1.82, 2.24) is 4.90 Å². The van der Waals surface area contributed by atoms with Gasteiger partial charge in [0.1, 0.15) is 0 Å². The van der Waals surface area contributed by atoms with E-state index < -0.39 is 5.97 Å². The van der Waals surface area contributed by atoms with Gasteiger partial charge in [0.05, 0.1) is 12.2 Å². The highest BCUT2D eigenvalue weighted by molar-refractivity contribution is 5.91. The van der Waals surface area contributed by atoms with Gasteiger partial charge in [-0.25, -0.2) is 4.79 Å². The predicted octanol–water partition coefficient (Wildman–Crippen LogP) is 1.66. The first-order valence-electron chi connectivity index (χ1n) is 6.81. The minimum absolute atomic E-state index is 0.178. The van der Waals surface area contributed by atoms with E-state index in [-0.39, 0.29) is 18.1 Å². The van der Waals surface area contributed by atoms with Crippen molar-refractivity contribution in [3.05, 3.63) is 29.8 Å². The maximum atomic E-state index is 10.6. The smallest absolute Gasteiger partial charge is 0.335 e. The highest BCUT2D eigenvalue weighted by Gasteiger charge is 2.01. The third-order valence-corrected chi connectivity index (χ3v) is 2.54. The summed E-state index contributed by atoms with van der Waals surface area (Å²) in [5, 5.41) is 19.5. The summed E-state index contributed by atoms with van der Waals surface area (Å²) in [6.07, 6.45) is 1.16. The number of carboxylic acid groups (broad SMARTS) is 1. The Labute approximate surface area is 125 Å². The molecule has 0 unspecified atom stereocenters. The van der Waals surface area contributed by atoms with E-state index >= 15 is 0 Å². The fourth-order valence-corrected chi connectivity index (χ4v) is 1.56. The Morgan fingerprint density at radius 1 is 1.19 bits per heavy atom. The van der Waals surface area contributed by atoms with E-state index in [1.807, 2.05) is 7.05 Å². The van der Waals surface area contributed by atoms with Crippen molar-refractivity contribution >= 4 is 17.6 Å². The molecule has 1 aromatic rings. The standard InChI is InChI=1S/C9H9NO3.C6H15NO/c1-6(11)10-8-4-2-7(3-5-8)9(12)13;1-3-4-7(2)5-6-8/h2-5H,1H3,(H,10,11)(H,12,13);8H,3-6H2,1-2H3. The minimum atomic E-state index is -0.977. The molecule has 21 heavy (non-hydrogen) atoms. The zero-order chi connectivity index (χ0) is 16.3. The van der Waals surface area contributed by atoms with Crippen LogP contribution in [0.15, 0.2) is 24.3 Å². The number of aliphatic hydroxyl groups is 1. The second kappa shape index (κ2) is 10.8. The van der Waals surface area contributed by atoms with Crippen molar-refractivity contribution in [2.24, 2.45) is 0 Å². The Kier molecular flexibility index (Phi) is 9.83. The number of benzene rings is 1. The number of nitrogens with one attached hydrogen (secondary N) is 1. The van der Waals surface area contributed by atoms with Gasteiger partial charge in [-0.05, 0) is 44.3 Å².